The minimum absolute atomic E-state index is 0.00837. The van der Waals surface area contributed by atoms with Crippen LogP contribution in [0.15, 0.2) is 36.7 Å². The topological polar surface area (TPSA) is 72.3 Å². The molecule has 1 aromatic heterocycles. The number of hydrogen-bond donors (Lipinski definition) is 1. The number of carbonyl (C=O) groups is 1. The first-order valence-corrected chi connectivity index (χ1v) is 6.47. The zero-order chi connectivity index (χ0) is 14.4. The molecule has 0 fully saturated rings. The maximum absolute atomic E-state index is 10.6. The first-order chi connectivity index (χ1) is 9.67. The Bertz CT molecular complexity index is 582. The van der Waals surface area contributed by atoms with Crippen LogP contribution in [-0.4, -0.2) is 21.0 Å². The van der Waals surface area contributed by atoms with E-state index in [1.54, 1.807) is 24.3 Å². The Labute approximate surface area is 117 Å². The third kappa shape index (κ3) is 4.05. The van der Waals surface area contributed by atoms with E-state index in [0.29, 0.717) is 11.6 Å². The molecule has 20 heavy (non-hydrogen) atoms. The molecule has 2 rings (SSSR count). The molecule has 5 nitrogen and oxygen atoms in total. The molecule has 0 aliphatic heterocycles. The summed E-state index contributed by atoms with van der Waals surface area (Å²) in [4.78, 5) is 18.8. The van der Waals surface area contributed by atoms with Crippen LogP contribution in [0.2, 0.25) is 0 Å². The van der Waals surface area contributed by atoms with Crippen molar-refractivity contribution in [2.45, 2.75) is 26.2 Å². The molecule has 0 aliphatic carbocycles. The van der Waals surface area contributed by atoms with E-state index >= 15 is 0 Å². The zero-order valence-corrected chi connectivity index (χ0v) is 11.2. The van der Waals surface area contributed by atoms with Crippen molar-refractivity contribution in [1.29, 1.82) is 0 Å². The maximum atomic E-state index is 10.6. The molecule has 0 radical (unpaired) electrons. The summed E-state index contributed by atoms with van der Waals surface area (Å²) in [5.41, 5.74) is 1.68. The van der Waals surface area contributed by atoms with Gasteiger partial charge in [-0.3, -0.25) is 4.79 Å². The lowest BCUT2D eigenvalue weighted by Crippen LogP contribution is -1.99. The number of aromatic nitrogens is 2. The van der Waals surface area contributed by atoms with Crippen molar-refractivity contribution in [3.05, 3.63) is 47.9 Å². The molecule has 1 N–H and O–H groups in total. The van der Waals surface area contributed by atoms with Crippen LogP contribution in [0.4, 0.5) is 0 Å². The Hall–Kier alpha value is -2.43. The second-order valence-electron chi connectivity index (χ2n) is 4.41. The summed E-state index contributed by atoms with van der Waals surface area (Å²) in [7, 11) is 0. The van der Waals surface area contributed by atoms with Gasteiger partial charge in [0.15, 0.2) is 0 Å². The highest BCUT2D eigenvalue weighted by Crippen LogP contribution is 2.20. The van der Waals surface area contributed by atoms with Crippen molar-refractivity contribution in [3.8, 4) is 11.6 Å². The fourth-order valence-electron chi connectivity index (χ4n) is 1.80. The van der Waals surface area contributed by atoms with Crippen LogP contribution >= 0.6 is 0 Å². The van der Waals surface area contributed by atoms with Gasteiger partial charge in [0.05, 0.1) is 6.42 Å². The summed E-state index contributed by atoms with van der Waals surface area (Å²) in [5, 5.41) is 8.70. The first-order valence-electron chi connectivity index (χ1n) is 6.47. The van der Waals surface area contributed by atoms with E-state index in [1.807, 2.05) is 6.07 Å². The highest BCUT2D eigenvalue weighted by molar-refractivity contribution is 5.70. The molecule has 104 valence electrons. The van der Waals surface area contributed by atoms with Gasteiger partial charge in [0.25, 0.3) is 0 Å². The van der Waals surface area contributed by atoms with E-state index in [0.717, 1.165) is 24.1 Å². The number of aliphatic carboxylic acids is 1. The van der Waals surface area contributed by atoms with E-state index in [9.17, 15) is 4.79 Å². The molecular weight excluding hydrogens is 256 g/mol. The summed E-state index contributed by atoms with van der Waals surface area (Å²) in [6.07, 6.45) is 3.39. The Morgan fingerprint density at radius 1 is 1.25 bits per heavy atom. The van der Waals surface area contributed by atoms with Crippen molar-refractivity contribution < 1.29 is 14.6 Å². The molecule has 0 bridgehead atoms. The first kappa shape index (κ1) is 14.0. The number of benzene rings is 1. The van der Waals surface area contributed by atoms with Crippen LogP contribution in [0, 0.1) is 0 Å². The maximum Gasteiger partial charge on any atom is 0.307 e. The molecule has 0 aliphatic rings. The van der Waals surface area contributed by atoms with E-state index in [4.69, 9.17) is 9.84 Å². The molecule has 1 aromatic carbocycles. The van der Waals surface area contributed by atoms with Gasteiger partial charge >= 0.3 is 5.97 Å². The van der Waals surface area contributed by atoms with Crippen LogP contribution in [0.5, 0.6) is 11.6 Å². The summed E-state index contributed by atoms with van der Waals surface area (Å²) in [5.74, 6) is 0.272. The van der Waals surface area contributed by atoms with Gasteiger partial charge in [-0.1, -0.05) is 25.5 Å². The summed E-state index contributed by atoms with van der Waals surface area (Å²) in [6, 6.07) is 8.75. The largest absolute Gasteiger partial charge is 0.481 e. The van der Waals surface area contributed by atoms with Crippen LogP contribution < -0.4 is 4.74 Å². The van der Waals surface area contributed by atoms with Crippen molar-refractivity contribution >= 4 is 5.97 Å². The molecule has 0 saturated carbocycles. The fraction of sp³-hybridized carbons (Fsp3) is 0.267. The average molecular weight is 272 g/mol. The lowest BCUT2D eigenvalue weighted by Gasteiger charge is -2.06. The van der Waals surface area contributed by atoms with E-state index in [2.05, 4.69) is 16.9 Å². The van der Waals surface area contributed by atoms with Gasteiger partial charge in [-0.05, 0) is 24.1 Å². The highest BCUT2D eigenvalue weighted by Gasteiger charge is 2.03. The molecule has 0 atom stereocenters. The number of aryl methyl sites for hydroxylation is 1. The highest BCUT2D eigenvalue weighted by atomic mass is 16.5. The van der Waals surface area contributed by atoms with Crippen LogP contribution in [-0.2, 0) is 17.6 Å². The van der Waals surface area contributed by atoms with Crippen LogP contribution in [0.1, 0.15) is 24.6 Å². The minimum atomic E-state index is -0.848. The molecular formula is C15H16N2O3. The predicted octanol–water partition coefficient (Wildman–Crippen LogP) is 2.85. The summed E-state index contributed by atoms with van der Waals surface area (Å²) < 4.78 is 5.63. The molecule has 0 spiro atoms. The number of ether oxygens (including phenoxy) is 1. The standard InChI is InChI=1S/C15H16N2O3/c1-2-3-12-9-14(17-10-16-12)20-13-6-4-11(5-7-13)8-15(18)19/h4-7,9-10H,2-3,8H2,1H3,(H,18,19). The number of nitrogens with zero attached hydrogens (tertiary/aromatic N) is 2. The second kappa shape index (κ2) is 6.65. The van der Waals surface area contributed by atoms with Gasteiger partial charge in [0.2, 0.25) is 5.88 Å². The lowest BCUT2D eigenvalue weighted by atomic mass is 10.1. The average Bonchev–Trinajstić information content (AvgIpc) is 2.41. The van der Waals surface area contributed by atoms with Gasteiger partial charge in [-0.25, -0.2) is 9.97 Å². The molecule has 0 saturated heterocycles. The van der Waals surface area contributed by atoms with E-state index in [-0.39, 0.29) is 6.42 Å². The van der Waals surface area contributed by atoms with Gasteiger partial charge < -0.3 is 9.84 Å². The third-order valence-electron chi connectivity index (χ3n) is 2.71. The van der Waals surface area contributed by atoms with Gasteiger partial charge in [-0.15, -0.1) is 0 Å². The minimum Gasteiger partial charge on any atom is -0.481 e. The Morgan fingerprint density at radius 2 is 2.00 bits per heavy atom. The summed E-state index contributed by atoms with van der Waals surface area (Å²) in [6.45, 7) is 2.09. The number of carboxylic acid groups (broad SMARTS) is 1. The smallest absolute Gasteiger partial charge is 0.307 e. The number of hydrogen-bond acceptors (Lipinski definition) is 4. The van der Waals surface area contributed by atoms with Crippen molar-refractivity contribution in [2.75, 3.05) is 0 Å². The molecule has 5 heteroatoms. The molecule has 0 amide bonds. The van der Waals surface area contributed by atoms with Crippen LogP contribution in [0.3, 0.4) is 0 Å². The second-order valence-corrected chi connectivity index (χ2v) is 4.41. The Morgan fingerprint density at radius 3 is 2.65 bits per heavy atom. The number of carboxylic acids is 1. The third-order valence-corrected chi connectivity index (χ3v) is 2.71. The van der Waals surface area contributed by atoms with E-state index < -0.39 is 5.97 Å². The SMILES string of the molecule is CCCc1cc(Oc2ccc(CC(=O)O)cc2)ncn1. The van der Waals surface area contributed by atoms with Crippen molar-refractivity contribution in [3.63, 3.8) is 0 Å². The van der Waals surface area contributed by atoms with Crippen molar-refractivity contribution in [1.82, 2.24) is 9.97 Å². The molecule has 0 unspecified atom stereocenters. The summed E-state index contributed by atoms with van der Waals surface area (Å²) >= 11 is 0. The Kier molecular flexibility index (Phi) is 4.65. The van der Waals surface area contributed by atoms with E-state index in [1.165, 1.54) is 6.33 Å². The predicted molar refractivity (Wildman–Crippen MR) is 73.9 cm³/mol. The van der Waals surface area contributed by atoms with Gasteiger partial charge in [-0.2, -0.15) is 0 Å². The van der Waals surface area contributed by atoms with Crippen molar-refractivity contribution in [2.24, 2.45) is 0 Å². The Balaban J connectivity index is 2.05. The molecule has 1 heterocycles. The normalized spacial score (nSPS) is 10.2. The van der Waals surface area contributed by atoms with Crippen LogP contribution in [0.25, 0.3) is 0 Å². The molecule has 2 aromatic rings. The number of rotatable bonds is 6. The van der Waals surface area contributed by atoms with Gasteiger partial charge in [0.1, 0.15) is 12.1 Å². The fourth-order valence-corrected chi connectivity index (χ4v) is 1.80. The lowest BCUT2D eigenvalue weighted by molar-refractivity contribution is -0.136. The van der Waals surface area contributed by atoms with Gasteiger partial charge in [0, 0.05) is 11.8 Å². The monoisotopic (exact) mass is 272 g/mol. The zero-order valence-electron chi connectivity index (χ0n) is 11.2. The quantitative estimate of drug-likeness (QED) is 0.875.